The fraction of sp³-hybridized carbons (Fsp3) is 0.929. The molecule has 0 aromatic carbocycles. The van der Waals surface area contributed by atoms with Crippen LogP contribution in [0.4, 0.5) is 0 Å². The summed E-state index contributed by atoms with van der Waals surface area (Å²) in [5.74, 6) is -0.00866. The molecule has 5 heteroatoms. The first-order valence-corrected chi connectivity index (χ1v) is 7.25. The van der Waals surface area contributed by atoms with Crippen LogP contribution < -0.4 is 11.1 Å². The van der Waals surface area contributed by atoms with Gasteiger partial charge in [-0.2, -0.15) is 0 Å². The molecule has 4 N–H and O–H groups in total. The summed E-state index contributed by atoms with van der Waals surface area (Å²) in [7, 11) is 0. The molecule has 0 aromatic heterocycles. The first-order valence-electron chi connectivity index (χ1n) is 7.25. The lowest BCUT2D eigenvalue weighted by Gasteiger charge is -2.37. The van der Waals surface area contributed by atoms with Crippen molar-refractivity contribution >= 4 is 5.91 Å². The zero-order chi connectivity index (χ0) is 14.3. The Bertz CT molecular complexity index is 276. The maximum Gasteiger partial charge on any atom is 0.223 e. The molecule has 1 aliphatic heterocycles. The van der Waals surface area contributed by atoms with Crippen LogP contribution in [0.25, 0.3) is 0 Å². The molecule has 1 saturated heterocycles. The van der Waals surface area contributed by atoms with E-state index in [2.05, 4.69) is 5.32 Å². The van der Waals surface area contributed by atoms with Gasteiger partial charge in [-0.3, -0.25) is 4.79 Å². The van der Waals surface area contributed by atoms with Crippen LogP contribution in [0.3, 0.4) is 0 Å². The molecule has 1 aliphatic rings. The van der Waals surface area contributed by atoms with E-state index < -0.39 is 5.54 Å². The topological polar surface area (TPSA) is 84.6 Å². The second-order valence-corrected chi connectivity index (χ2v) is 5.85. The number of carbonyl (C=O) groups is 1. The molecule has 2 atom stereocenters. The van der Waals surface area contributed by atoms with Crippen LogP contribution in [-0.2, 0) is 9.53 Å². The molecule has 1 amide bonds. The quantitative estimate of drug-likeness (QED) is 0.640. The minimum Gasteiger partial charge on any atom is -0.394 e. The molecule has 1 rings (SSSR count). The van der Waals surface area contributed by atoms with Gasteiger partial charge < -0.3 is 20.9 Å². The van der Waals surface area contributed by atoms with Gasteiger partial charge in [0.2, 0.25) is 5.91 Å². The molecule has 112 valence electrons. The molecule has 2 unspecified atom stereocenters. The summed E-state index contributed by atoms with van der Waals surface area (Å²) in [6, 6.07) is 0.189. The number of aliphatic hydroxyl groups is 1. The predicted molar refractivity (Wildman–Crippen MR) is 74.7 cm³/mol. The van der Waals surface area contributed by atoms with Gasteiger partial charge in [0, 0.05) is 25.2 Å². The Hall–Kier alpha value is -0.650. The lowest BCUT2D eigenvalue weighted by atomic mass is 9.89. The van der Waals surface area contributed by atoms with Crippen LogP contribution in [0.2, 0.25) is 0 Å². The van der Waals surface area contributed by atoms with E-state index in [1.165, 1.54) is 0 Å². The second kappa shape index (κ2) is 7.82. The zero-order valence-corrected chi connectivity index (χ0v) is 12.2. The molecule has 19 heavy (non-hydrogen) atoms. The van der Waals surface area contributed by atoms with Gasteiger partial charge in [0.25, 0.3) is 0 Å². The molecule has 1 heterocycles. The number of hydrogen-bond acceptors (Lipinski definition) is 4. The molecule has 0 aliphatic carbocycles. The Balaban J connectivity index is 2.39. The first-order chi connectivity index (χ1) is 8.99. The molecule has 0 saturated carbocycles. The van der Waals surface area contributed by atoms with Gasteiger partial charge in [-0.1, -0.05) is 13.3 Å². The van der Waals surface area contributed by atoms with Gasteiger partial charge in [-0.05, 0) is 32.6 Å². The third-order valence-electron chi connectivity index (χ3n) is 3.89. The van der Waals surface area contributed by atoms with E-state index >= 15 is 0 Å². The minimum atomic E-state index is -0.481. The first kappa shape index (κ1) is 16.4. The Labute approximate surface area is 115 Å². The fourth-order valence-electron chi connectivity index (χ4n) is 2.35. The van der Waals surface area contributed by atoms with E-state index in [9.17, 15) is 9.90 Å². The van der Waals surface area contributed by atoms with Crippen molar-refractivity contribution in [2.75, 3.05) is 19.8 Å². The minimum absolute atomic E-state index is 0.0192. The SMILES string of the molecule is CC(N)CCCC(C)C(=O)NC1(CO)CCOCC1. The summed E-state index contributed by atoms with van der Waals surface area (Å²) in [5.41, 5.74) is 5.22. The molecular formula is C14H28N2O3. The van der Waals surface area contributed by atoms with Crippen LogP contribution in [0.1, 0.15) is 46.0 Å². The number of nitrogens with two attached hydrogens (primary N) is 1. The van der Waals surface area contributed by atoms with Crippen LogP contribution in [0, 0.1) is 5.92 Å². The van der Waals surface area contributed by atoms with E-state index in [-0.39, 0.29) is 24.5 Å². The van der Waals surface area contributed by atoms with Gasteiger partial charge in [-0.15, -0.1) is 0 Å². The van der Waals surface area contributed by atoms with Gasteiger partial charge >= 0.3 is 0 Å². The second-order valence-electron chi connectivity index (χ2n) is 5.85. The Morgan fingerprint density at radius 1 is 1.37 bits per heavy atom. The molecule has 0 radical (unpaired) electrons. The van der Waals surface area contributed by atoms with Gasteiger partial charge in [0.05, 0.1) is 12.1 Å². The summed E-state index contributed by atoms with van der Waals surface area (Å²) < 4.78 is 5.28. The number of ether oxygens (including phenoxy) is 1. The number of carbonyl (C=O) groups excluding carboxylic acids is 1. The summed E-state index contributed by atoms with van der Waals surface area (Å²) in [5, 5.41) is 12.6. The molecule has 5 nitrogen and oxygen atoms in total. The highest BCUT2D eigenvalue weighted by Crippen LogP contribution is 2.21. The lowest BCUT2D eigenvalue weighted by molar-refractivity contribution is -0.129. The summed E-state index contributed by atoms with van der Waals surface area (Å²) in [6.45, 7) is 5.09. The van der Waals surface area contributed by atoms with Crippen molar-refractivity contribution in [2.45, 2.75) is 57.5 Å². The van der Waals surface area contributed by atoms with Gasteiger partial charge in [0.15, 0.2) is 0 Å². The van der Waals surface area contributed by atoms with E-state index in [1.54, 1.807) is 0 Å². The molecular weight excluding hydrogens is 244 g/mol. The average Bonchev–Trinajstić information content (AvgIpc) is 2.39. The van der Waals surface area contributed by atoms with Gasteiger partial charge in [0.1, 0.15) is 0 Å². The maximum atomic E-state index is 12.2. The summed E-state index contributed by atoms with van der Waals surface area (Å²) >= 11 is 0. The third kappa shape index (κ3) is 5.47. The standard InChI is InChI=1S/C14H28N2O3/c1-11(4-3-5-12(2)15)13(18)16-14(10-17)6-8-19-9-7-14/h11-12,17H,3-10,15H2,1-2H3,(H,16,18). The van der Waals surface area contributed by atoms with Crippen LogP contribution in [-0.4, -0.2) is 42.4 Å². The monoisotopic (exact) mass is 272 g/mol. The largest absolute Gasteiger partial charge is 0.394 e. The highest BCUT2D eigenvalue weighted by molar-refractivity contribution is 5.79. The lowest BCUT2D eigenvalue weighted by Crippen LogP contribution is -2.55. The Morgan fingerprint density at radius 3 is 2.53 bits per heavy atom. The van der Waals surface area contributed by atoms with Crippen molar-refractivity contribution in [3.63, 3.8) is 0 Å². The number of hydrogen-bond donors (Lipinski definition) is 3. The highest BCUT2D eigenvalue weighted by Gasteiger charge is 2.34. The molecule has 0 spiro atoms. The van der Waals surface area contributed by atoms with Crippen LogP contribution in [0.5, 0.6) is 0 Å². The summed E-state index contributed by atoms with van der Waals surface area (Å²) in [4.78, 5) is 12.2. The number of amides is 1. The molecule has 1 fully saturated rings. The van der Waals surface area contributed by atoms with E-state index in [0.717, 1.165) is 19.3 Å². The maximum absolute atomic E-state index is 12.2. The van der Waals surface area contributed by atoms with Gasteiger partial charge in [-0.25, -0.2) is 0 Å². The fourth-order valence-corrected chi connectivity index (χ4v) is 2.35. The molecule has 0 aromatic rings. The number of rotatable bonds is 7. The predicted octanol–water partition coefficient (Wildman–Crippen LogP) is 0.798. The van der Waals surface area contributed by atoms with E-state index in [0.29, 0.717) is 26.1 Å². The van der Waals surface area contributed by atoms with Crippen molar-refractivity contribution < 1.29 is 14.6 Å². The Kier molecular flexibility index (Phi) is 6.75. The smallest absolute Gasteiger partial charge is 0.223 e. The Morgan fingerprint density at radius 2 is 2.00 bits per heavy atom. The molecule has 0 bridgehead atoms. The number of aliphatic hydroxyl groups excluding tert-OH is 1. The third-order valence-corrected chi connectivity index (χ3v) is 3.89. The average molecular weight is 272 g/mol. The number of nitrogens with one attached hydrogen (secondary N) is 1. The van der Waals surface area contributed by atoms with E-state index in [1.807, 2.05) is 13.8 Å². The highest BCUT2D eigenvalue weighted by atomic mass is 16.5. The zero-order valence-electron chi connectivity index (χ0n) is 12.2. The van der Waals surface area contributed by atoms with Crippen molar-refractivity contribution in [2.24, 2.45) is 11.7 Å². The normalized spacial score (nSPS) is 21.7. The van der Waals surface area contributed by atoms with Crippen LogP contribution >= 0.6 is 0 Å². The van der Waals surface area contributed by atoms with Crippen molar-refractivity contribution in [1.82, 2.24) is 5.32 Å². The van der Waals surface area contributed by atoms with Crippen molar-refractivity contribution in [3.8, 4) is 0 Å². The van der Waals surface area contributed by atoms with Crippen molar-refractivity contribution in [3.05, 3.63) is 0 Å². The van der Waals surface area contributed by atoms with Crippen LogP contribution in [0.15, 0.2) is 0 Å². The summed E-state index contributed by atoms with van der Waals surface area (Å²) in [6.07, 6.45) is 4.10. The van der Waals surface area contributed by atoms with Crippen molar-refractivity contribution in [1.29, 1.82) is 0 Å². The van der Waals surface area contributed by atoms with E-state index in [4.69, 9.17) is 10.5 Å².